The van der Waals surface area contributed by atoms with Crippen molar-refractivity contribution < 1.29 is 0 Å². The monoisotopic (exact) mass is 262 g/mol. The molecule has 0 radical (unpaired) electrons. The van der Waals surface area contributed by atoms with E-state index in [1.807, 2.05) is 6.20 Å². The van der Waals surface area contributed by atoms with Gasteiger partial charge in [-0.3, -0.25) is 0 Å². The van der Waals surface area contributed by atoms with Crippen molar-refractivity contribution in [1.29, 1.82) is 0 Å². The van der Waals surface area contributed by atoms with Crippen LogP contribution >= 0.6 is 0 Å². The van der Waals surface area contributed by atoms with Gasteiger partial charge in [-0.15, -0.1) is 0 Å². The van der Waals surface area contributed by atoms with Gasteiger partial charge < -0.3 is 10.3 Å². The summed E-state index contributed by atoms with van der Waals surface area (Å²) >= 11 is 0. The molecule has 2 aromatic carbocycles. The summed E-state index contributed by atoms with van der Waals surface area (Å²) in [5, 5.41) is 4.75. The molecule has 0 saturated carbocycles. The van der Waals surface area contributed by atoms with E-state index in [4.69, 9.17) is 0 Å². The van der Waals surface area contributed by atoms with Crippen molar-refractivity contribution in [2.45, 2.75) is 19.4 Å². The molecule has 0 fully saturated rings. The first-order chi connectivity index (χ1) is 9.90. The number of hydrogen-bond acceptors (Lipinski definition) is 1. The molecule has 0 aliphatic carbocycles. The molecule has 1 aliphatic heterocycles. The van der Waals surface area contributed by atoms with Gasteiger partial charge in [-0.2, -0.15) is 0 Å². The molecule has 0 spiro atoms. The predicted octanol–water partition coefficient (Wildman–Crippen LogP) is 3.40. The van der Waals surface area contributed by atoms with Crippen LogP contribution in [0.2, 0.25) is 0 Å². The third kappa shape index (κ3) is 2.02. The average Bonchev–Trinajstić information content (AvgIpc) is 2.95. The van der Waals surface area contributed by atoms with E-state index in [0.717, 1.165) is 25.9 Å². The maximum absolute atomic E-state index is 3.45. The van der Waals surface area contributed by atoms with Gasteiger partial charge in [0.2, 0.25) is 0 Å². The number of nitrogens with one attached hydrogen (secondary N) is 2. The highest BCUT2D eigenvalue weighted by Gasteiger charge is 2.12. The van der Waals surface area contributed by atoms with Crippen molar-refractivity contribution in [3.05, 3.63) is 70.9 Å². The summed E-state index contributed by atoms with van der Waals surface area (Å²) in [6.07, 6.45) is 4.19. The van der Waals surface area contributed by atoms with E-state index in [1.165, 1.54) is 27.6 Å². The minimum atomic E-state index is 1.01. The molecule has 0 bridgehead atoms. The fraction of sp³-hybridized carbons (Fsp3) is 0.222. The van der Waals surface area contributed by atoms with Crippen molar-refractivity contribution in [3.63, 3.8) is 0 Å². The van der Waals surface area contributed by atoms with Gasteiger partial charge in [0.05, 0.1) is 0 Å². The molecule has 0 saturated heterocycles. The molecule has 0 amide bonds. The number of aromatic amines is 1. The van der Waals surface area contributed by atoms with Gasteiger partial charge in [0.1, 0.15) is 0 Å². The highest BCUT2D eigenvalue weighted by Crippen LogP contribution is 2.23. The molecule has 20 heavy (non-hydrogen) atoms. The molecule has 2 heteroatoms. The minimum Gasteiger partial charge on any atom is -0.361 e. The first-order valence-electron chi connectivity index (χ1n) is 7.26. The first-order valence-corrected chi connectivity index (χ1v) is 7.26. The summed E-state index contributed by atoms with van der Waals surface area (Å²) in [6.45, 7) is 2.11. The van der Waals surface area contributed by atoms with Gasteiger partial charge in [-0.1, -0.05) is 24.3 Å². The molecule has 4 rings (SSSR count). The van der Waals surface area contributed by atoms with E-state index in [9.17, 15) is 0 Å². The van der Waals surface area contributed by atoms with Crippen LogP contribution in [0.5, 0.6) is 0 Å². The van der Waals surface area contributed by atoms with Crippen LogP contribution in [-0.2, 0) is 19.4 Å². The molecule has 2 heterocycles. The Labute approximate surface area is 118 Å². The van der Waals surface area contributed by atoms with Crippen LogP contribution < -0.4 is 5.32 Å². The van der Waals surface area contributed by atoms with Crippen LogP contribution in [0.25, 0.3) is 10.9 Å². The molecular formula is C18H18N2. The second kappa shape index (κ2) is 4.80. The molecule has 0 unspecified atom stereocenters. The molecule has 2 nitrogen and oxygen atoms in total. The summed E-state index contributed by atoms with van der Waals surface area (Å²) < 4.78 is 0. The van der Waals surface area contributed by atoms with Gasteiger partial charge in [0, 0.05) is 18.3 Å². The third-order valence-electron chi connectivity index (χ3n) is 4.25. The molecule has 100 valence electrons. The Morgan fingerprint density at radius 3 is 3.05 bits per heavy atom. The van der Waals surface area contributed by atoms with E-state index in [0.29, 0.717) is 0 Å². The second-order valence-corrected chi connectivity index (χ2v) is 5.56. The van der Waals surface area contributed by atoms with Crippen LogP contribution in [0, 0.1) is 0 Å². The minimum absolute atomic E-state index is 1.01. The zero-order valence-corrected chi connectivity index (χ0v) is 11.4. The Morgan fingerprint density at radius 1 is 1.05 bits per heavy atom. The highest BCUT2D eigenvalue weighted by molar-refractivity contribution is 5.80. The Hall–Kier alpha value is -2.06. The lowest BCUT2D eigenvalue weighted by molar-refractivity contribution is 0.640. The Bertz CT molecular complexity index is 755. The molecular weight excluding hydrogens is 244 g/mol. The number of rotatable bonds is 2. The quantitative estimate of drug-likeness (QED) is 0.728. The SMILES string of the molecule is c1cc2c(c(Cc3ccc4[nH]ccc4c3)c1)CCNC2. The van der Waals surface area contributed by atoms with E-state index in [2.05, 4.69) is 52.8 Å². The third-order valence-corrected chi connectivity index (χ3v) is 4.25. The lowest BCUT2D eigenvalue weighted by Gasteiger charge is -2.20. The van der Waals surface area contributed by atoms with Crippen LogP contribution in [-0.4, -0.2) is 11.5 Å². The van der Waals surface area contributed by atoms with E-state index >= 15 is 0 Å². The summed E-state index contributed by atoms with van der Waals surface area (Å²) in [4.78, 5) is 3.25. The van der Waals surface area contributed by atoms with Gasteiger partial charge in [-0.05, 0) is 65.2 Å². The van der Waals surface area contributed by atoms with Crippen LogP contribution in [0.4, 0.5) is 0 Å². The van der Waals surface area contributed by atoms with Crippen molar-refractivity contribution in [1.82, 2.24) is 10.3 Å². The van der Waals surface area contributed by atoms with Crippen molar-refractivity contribution in [2.75, 3.05) is 6.54 Å². The molecule has 0 atom stereocenters. The van der Waals surface area contributed by atoms with Gasteiger partial charge in [0.25, 0.3) is 0 Å². The highest BCUT2D eigenvalue weighted by atomic mass is 14.9. The number of H-pyrrole nitrogens is 1. The van der Waals surface area contributed by atoms with Crippen LogP contribution in [0.3, 0.4) is 0 Å². The molecule has 1 aromatic heterocycles. The summed E-state index contributed by atoms with van der Waals surface area (Å²) in [5.41, 5.74) is 7.12. The van der Waals surface area contributed by atoms with Gasteiger partial charge in [0.15, 0.2) is 0 Å². The van der Waals surface area contributed by atoms with Gasteiger partial charge >= 0.3 is 0 Å². The second-order valence-electron chi connectivity index (χ2n) is 5.56. The topological polar surface area (TPSA) is 27.8 Å². The van der Waals surface area contributed by atoms with Crippen molar-refractivity contribution in [3.8, 4) is 0 Å². The van der Waals surface area contributed by atoms with Crippen LogP contribution in [0.15, 0.2) is 48.7 Å². The molecule has 1 aliphatic rings. The standard InChI is InChI=1S/C18H18N2/c1-2-14(17-7-8-19-12-16(17)3-1)10-13-4-5-18-15(11-13)6-9-20-18/h1-6,9,11,19-20H,7-8,10,12H2. The van der Waals surface area contributed by atoms with E-state index < -0.39 is 0 Å². The zero-order chi connectivity index (χ0) is 13.4. The van der Waals surface area contributed by atoms with Crippen molar-refractivity contribution in [2.24, 2.45) is 0 Å². The number of benzene rings is 2. The largest absolute Gasteiger partial charge is 0.361 e. The Kier molecular flexibility index (Phi) is 2.82. The maximum atomic E-state index is 3.45. The lowest BCUT2D eigenvalue weighted by Crippen LogP contribution is -2.24. The number of aromatic nitrogens is 1. The van der Waals surface area contributed by atoms with E-state index in [-0.39, 0.29) is 0 Å². The Morgan fingerprint density at radius 2 is 2.05 bits per heavy atom. The predicted molar refractivity (Wildman–Crippen MR) is 83.0 cm³/mol. The summed E-state index contributed by atoms with van der Waals surface area (Å²) in [5.74, 6) is 0. The zero-order valence-electron chi connectivity index (χ0n) is 11.4. The summed E-state index contributed by atoms with van der Waals surface area (Å²) in [6, 6.07) is 15.6. The van der Waals surface area contributed by atoms with Gasteiger partial charge in [-0.25, -0.2) is 0 Å². The molecule has 2 N–H and O–H groups in total. The normalized spacial score (nSPS) is 14.4. The average molecular weight is 262 g/mol. The Balaban J connectivity index is 1.71. The molecule has 3 aromatic rings. The fourth-order valence-corrected chi connectivity index (χ4v) is 3.21. The first kappa shape index (κ1) is 11.7. The summed E-state index contributed by atoms with van der Waals surface area (Å²) in [7, 11) is 0. The van der Waals surface area contributed by atoms with Crippen LogP contribution in [0.1, 0.15) is 22.3 Å². The lowest BCUT2D eigenvalue weighted by atomic mass is 9.91. The number of hydrogen-bond donors (Lipinski definition) is 2. The smallest absolute Gasteiger partial charge is 0.0454 e. The van der Waals surface area contributed by atoms with E-state index in [1.54, 1.807) is 5.56 Å². The number of fused-ring (bicyclic) bond motifs is 2. The maximum Gasteiger partial charge on any atom is 0.0454 e. The fourth-order valence-electron chi connectivity index (χ4n) is 3.21. The van der Waals surface area contributed by atoms with Crippen molar-refractivity contribution >= 4 is 10.9 Å².